The van der Waals surface area contributed by atoms with Crippen molar-refractivity contribution in [2.24, 2.45) is 0 Å². The number of hydrogen-bond acceptors (Lipinski definition) is 2. The number of esters is 1. The van der Waals surface area contributed by atoms with Crippen molar-refractivity contribution in [1.82, 2.24) is 0 Å². The zero-order valence-corrected chi connectivity index (χ0v) is 9.73. The van der Waals surface area contributed by atoms with Crippen LogP contribution in [0, 0.1) is 0 Å². The fraction of sp³-hybridized carbons (Fsp3) is 0.364. The molecule has 1 aromatic carbocycles. The molecule has 0 saturated heterocycles. The third kappa shape index (κ3) is 3.93. The van der Waals surface area contributed by atoms with Gasteiger partial charge in [-0.25, -0.2) is 0 Å². The lowest BCUT2D eigenvalue weighted by molar-refractivity contribution is -0.143. The van der Waals surface area contributed by atoms with Crippen molar-refractivity contribution in [3.63, 3.8) is 0 Å². The average Bonchev–Trinajstić information content (AvgIpc) is 2.19. The summed E-state index contributed by atoms with van der Waals surface area (Å²) in [5.41, 5.74) is -1.04. The van der Waals surface area contributed by atoms with E-state index in [4.69, 9.17) is 11.6 Å². The van der Waals surface area contributed by atoms with Gasteiger partial charge in [0, 0.05) is 5.02 Å². The normalized spacial score (nSPS) is 11.4. The van der Waals surface area contributed by atoms with Crippen LogP contribution in [0.3, 0.4) is 0 Å². The summed E-state index contributed by atoms with van der Waals surface area (Å²) in [6, 6.07) is 3.30. The molecule has 0 saturated carbocycles. The van der Waals surface area contributed by atoms with Gasteiger partial charge < -0.3 is 4.74 Å². The topological polar surface area (TPSA) is 26.3 Å². The van der Waals surface area contributed by atoms with Crippen LogP contribution >= 0.6 is 11.6 Å². The van der Waals surface area contributed by atoms with E-state index in [-0.39, 0.29) is 17.2 Å². The van der Waals surface area contributed by atoms with Gasteiger partial charge in [-0.2, -0.15) is 13.2 Å². The molecule has 0 atom stereocenters. The van der Waals surface area contributed by atoms with Gasteiger partial charge in [-0.15, -0.1) is 0 Å². The van der Waals surface area contributed by atoms with Gasteiger partial charge in [0.25, 0.3) is 0 Å². The summed E-state index contributed by atoms with van der Waals surface area (Å²) in [6.45, 7) is 1.72. The first kappa shape index (κ1) is 13.8. The second-order valence-electron chi connectivity index (χ2n) is 3.28. The van der Waals surface area contributed by atoms with Crippen molar-refractivity contribution in [1.29, 1.82) is 0 Å². The predicted octanol–water partition coefficient (Wildman–Crippen LogP) is 3.46. The Balaban J connectivity index is 3.03. The van der Waals surface area contributed by atoms with Crippen LogP contribution in [0.2, 0.25) is 5.02 Å². The molecule has 0 N–H and O–H groups in total. The predicted molar refractivity (Wildman–Crippen MR) is 56.8 cm³/mol. The van der Waals surface area contributed by atoms with Crippen molar-refractivity contribution >= 4 is 17.6 Å². The maximum atomic E-state index is 12.7. The van der Waals surface area contributed by atoms with E-state index < -0.39 is 24.1 Å². The molecule has 1 aromatic rings. The lowest BCUT2D eigenvalue weighted by Gasteiger charge is -2.12. The Bertz CT molecular complexity index is 416. The van der Waals surface area contributed by atoms with E-state index in [1.54, 1.807) is 6.92 Å². The van der Waals surface area contributed by atoms with Gasteiger partial charge in [-0.05, 0) is 24.6 Å². The number of carbonyl (C=O) groups is 1. The summed E-state index contributed by atoms with van der Waals surface area (Å²) in [4.78, 5) is 11.2. The Hall–Kier alpha value is -1.23. The molecule has 17 heavy (non-hydrogen) atoms. The number of ether oxygens (including phenoxy) is 1. The third-order valence-electron chi connectivity index (χ3n) is 2.02. The smallest absolute Gasteiger partial charge is 0.416 e. The van der Waals surface area contributed by atoms with E-state index >= 15 is 0 Å². The first-order valence-electron chi connectivity index (χ1n) is 4.86. The summed E-state index contributed by atoms with van der Waals surface area (Å²) >= 11 is 5.50. The minimum atomic E-state index is -4.53. The highest BCUT2D eigenvalue weighted by molar-refractivity contribution is 6.30. The molecule has 94 valence electrons. The molecule has 0 aliphatic carbocycles. The number of rotatable bonds is 3. The van der Waals surface area contributed by atoms with E-state index in [9.17, 15) is 18.0 Å². The van der Waals surface area contributed by atoms with Crippen LogP contribution in [0.1, 0.15) is 18.1 Å². The highest BCUT2D eigenvalue weighted by atomic mass is 35.5. The fourth-order valence-electron chi connectivity index (χ4n) is 1.33. The fourth-order valence-corrected chi connectivity index (χ4v) is 1.51. The van der Waals surface area contributed by atoms with Crippen molar-refractivity contribution in [2.45, 2.75) is 19.5 Å². The molecule has 0 aliphatic heterocycles. The quantitative estimate of drug-likeness (QED) is 0.783. The number of carbonyl (C=O) groups excluding carboxylic acids is 1. The Kier molecular flexibility index (Phi) is 4.40. The van der Waals surface area contributed by atoms with Crippen LogP contribution in [0.15, 0.2) is 18.2 Å². The molecule has 6 heteroatoms. The first-order valence-corrected chi connectivity index (χ1v) is 5.23. The zero-order valence-electron chi connectivity index (χ0n) is 8.97. The van der Waals surface area contributed by atoms with Gasteiger partial charge >= 0.3 is 12.1 Å². The van der Waals surface area contributed by atoms with Crippen LogP contribution in [0.5, 0.6) is 0 Å². The van der Waals surface area contributed by atoms with Gasteiger partial charge in [0.15, 0.2) is 0 Å². The number of benzene rings is 1. The van der Waals surface area contributed by atoms with E-state index in [0.29, 0.717) is 0 Å². The second kappa shape index (κ2) is 5.40. The minimum Gasteiger partial charge on any atom is -0.466 e. The molecule has 0 heterocycles. The molecule has 0 bridgehead atoms. The maximum absolute atomic E-state index is 12.7. The Morgan fingerprint density at radius 1 is 1.41 bits per heavy atom. The van der Waals surface area contributed by atoms with Crippen molar-refractivity contribution < 1.29 is 22.7 Å². The van der Waals surface area contributed by atoms with Crippen molar-refractivity contribution in [3.05, 3.63) is 34.3 Å². The van der Waals surface area contributed by atoms with Gasteiger partial charge in [-0.1, -0.05) is 17.7 Å². The molecule has 0 radical (unpaired) electrons. The lowest BCUT2D eigenvalue weighted by atomic mass is 10.0. The van der Waals surface area contributed by atoms with Gasteiger partial charge in [-0.3, -0.25) is 4.79 Å². The van der Waals surface area contributed by atoms with Crippen LogP contribution in [0.4, 0.5) is 13.2 Å². The largest absolute Gasteiger partial charge is 0.466 e. The van der Waals surface area contributed by atoms with Crippen molar-refractivity contribution in [2.75, 3.05) is 6.61 Å². The summed E-state index contributed by atoms with van der Waals surface area (Å²) in [5, 5.41) is -0.0232. The first-order chi connectivity index (χ1) is 7.84. The molecule has 0 spiro atoms. The monoisotopic (exact) mass is 266 g/mol. The SMILES string of the molecule is CCOC(=O)Cc1ccc(Cl)cc1C(F)(F)F. The average molecular weight is 267 g/mol. The van der Waals surface area contributed by atoms with E-state index in [1.165, 1.54) is 12.1 Å². The Morgan fingerprint density at radius 2 is 2.06 bits per heavy atom. The highest BCUT2D eigenvalue weighted by Crippen LogP contribution is 2.34. The van der Waals surface area contributed by atoms with E-state index in [1.807, 2.05) is 0 Å². The van der Waals surface area contributed by atoms with Crippen LogP contribution < -0.4 is 0 Å². The number of alkyl halides is 3. The van der Waals surface area contributed by atoms with Crippen LogP contribution in [0.25, 0.3) is 0 Å². The molecular formula is C11H10ClF3O2. The molecule has 0 aliphatic rings. The molecule has 0 fully saturated rings. The summed E-state index contributed by atoms with van der Waals surface area (Å²) < 4.78 is 42.6. The van der Waals surface area contributed by atoms with Crippen LogP contribution in [-0.2, 0) is 22.1 Å². The molecule has 0 amide bonds. The summed E-state index contributed by atoms with van der Waals surface area (Å²) in [5.74, 6) is -0.694. The molecule has 2 nitrogen and oxygen atoms in total. The van der Waals surface area contributed by atoms with Gasteiger partial charge in [0.1, 0.15) is 0 Å². The summed E-state index contributed by atoms with van der Waals surface area (Å²) in [6.07, 6.45) is -4.95. The summed E-state index contributed by atoms with van der Waals surface area (Å²) in [7, 11) is 0. The Morgan fingerprint density at radius 3 is 2.59 bits per heavy atom. The molecule has 1 rings (SSSR count). The number of halogens is 4. The van der Waals surface area contributed by atoms with Crippen LogP contribution in [-0.4, -0.2) is 12.6 Å². The third-order valence-corrected chi connectivity index (χ3v) is 2.25. The maximum Gasteiger partial charge on any atom is 0.416 e. The Labute approximate surface area is 101 Å². The number of hydrogen-bond donors (Lipinski definition) is 0. The highest BCUT2D eigenvalue weighted by Gasteiger charge is 2.34. The zero-order chi connectivity index (χ0) is 13.1. The van der Waals surface area contributed by atoms with E-state index in [0.717, 1.165) is 6.07 Å². The van der Waals surface area contributed by atoms with Gasteiger partial charge in [0.05, 0.1) is 18.6 Å². The standard InChI is InChI=1S/C11H10ClF3O2/c1-2-17-10(16)5-7-3-4-8(12)6-9(7)11(13,14)15/h3-4,6H,2,5H2,1H3. The molecular weight excluding hydrogens is 257 g/mol. The molecule has 0 aromatic heterocycles. The van der Waals surface area contributed by atoms with Crippen molar-refractivity contribution in [3.8, 4) is 0 Å². The minimum absolute atomic E-state index is 0.0232. The second-order valence-corrected chi connectivity index (χ2v) is 3.72. The lowest BCUT2D eigenvalue weighted by Crippen LogP contribution is -2.14. The van der Waals surface area contributed by atoms with Gasteiger partial charge in [0.2, 0.25) is 0 Å². The van der Waals surface area contributed by atoms with E-state index in [2.05, 4.69) is 4.74 Å². The molecule has 0 unspecified atom stereocenters.